The molecule has 0 spiro atoms. The van der Waals surface area contributed by atoms with Gasteiger partial charge in [0, 0.05) is 23.1 Å². The zero-order valence-corrected chi connectivity index (χ0v) is 14.5. The highest BCUT2D eigenvalue weighted by molar-refractivity contribution is 8.03. The van der Waals surface area contributed by atoms with E-state index in [4.69, 9.17) is 9.15 Å². The molecule has 1 amide bonds. The molecule has 8 nitrogen and oxygen atoms in total. The number of carbonyl (C=O) groups is 2. The van der Waals surface area contributed by atoms with Gasteiger partial charge in [0.15, 0.2) is 0 Å². The fraction of sp³-hybridized carbons (Fsp3) is 0.111. The van der Waals surface area contributed by atoms with Gasteiger partial charge in [-0.25, -0.2) is 4.79 Å². The quantitative estimate of drug-likeness (QED) is 0.257. The van der Waals surface area contributed by atoms with E-state index in [9.17, 15) is 19.7 Å². The number of β-lactam (4-membered cyclic amide) rings is 1. The summed E-state index contributed by atoms with van der Waals surface area (Å²) in [6.07, 6.45) is 4.79. The minimum absolute atomic E-state index is 0.0362. The van der Waals surface area contributed by atoms with Crippen LogP contribution in [0.15, 0.2) is 64.0 Å². The summed E-state index contributed by atoms with van der Waals surface area (Å²) < 4.78 is 10.2. The molecule has 0 unspecified atom stereocenters. The fourth-order valence-electron chi connectivity index (χ4n) is 2.73. The second-order valence-electron chi connectivity index (χ2n) is 5.82. The van der Waals surface area contributed by atoms with E-state index in [-0.39, 0.29) is 29.3 Å². The number of nitro benzene ring substituents is 1. The summed E-state index contributed by atoms with van der Waals surface area (Å²) in [5.74, 6) is -0.858. The molecule has 1 atom stereocenters. The normalized spacial score (nSPS) is 19.5. The molecule has 2 aromatic rings. The van der Waals surface area contributed by atoms with E-state index in [0.717, 1.165) is 5.56 Å². The van der Waals surface area contributed by atoms with Crippen LogP contribution in [0.5, 0.6) is 0 Å². The number of fused-ring (bicyclic) bond motifs is 1. The Morgan fingerprint density at radius 2 is 2.11 bits per heavy atom. The van der Waals surface area contributed by atoms with Gasteiger partial charge in [0.1, 0.15) is 17.7 Å². The van der Waals surface area contributed by atoms with Gasteiger partial charge in [-0.3, -0.25) is 19.8 Å². The predicted molar refractivity (Wildman–Crippen MR) is 95.9 cm³/mol. The third kappa shape index (κ3) is 3.13. The third-order valence-corrected chi connectivity index (χ3v) is 5.21. The highest BCUT2D eigenvalue weighted by atomic mass is 32.2. The van der Waals surface area contributed by atoms with Gasteiger partial charge >= 0.3 is 5.97 Å². The minimum atomic E-state index is -0.612. The summed E-state index contributed by atoms with van der Waals surface area (Å²) in [4.78, 5) is 36.2. The topological polar surface area (TPSA) is 103 Å². The lowest BCUT2D eigenvalue weighted by atomic mass is 10.0. The van der Waals surface area contributed by atoms with Crippen LogP contribution in [0.4, 0.5) is 5.69 Å². The average molecular weight is 384 g/mol. The Morgan fingerprint density at radius 1 is 1.33 bits per heavy atom. The summed E-state index contributed by atoms with van der Waals surface area (Å²) in [5.41, 5.74) is 2.16. The Labute approximate surface area is 157 Å². The summed E-state index contributed by atoms with van der Waals surface area (Å²) in [6, 6.07) is 7.47. The maximum atomic E-state index is 12.4. The van der Waals surface area contributed by atoms with Gasteiger partial charge < -0.3 is 9.15 Å². The molecule has 0 bridgehead atoms. The van der Waals surface area contributed by atoms with E-state index in [1.165, 1.54) is 53.5 Å². The molecular formula is C18H12N2O6S. The minimum Gasteiger partial charge on any atom is -0.472 e. The zero-order valence-electron chi connectivity index (χ0n) is 13.7. The molecule has 0 radical (unpaired) electrons. The van der Waals surface area contributed by atoms with Crippen molar-refractivity contribution >= 4 is 35.4 Å². The first-order chi connectivity index (χ1) is 13.0. The smallest absolute Gasteiger partial charge is 0.355 e. The highest BCUT2D eigenvalue weighted by Crippen LogP contribution is 2.45. The van der Waals surface area contributed by atoms with Gasteiger partial charge in [-0.05, 0) is 29.8 Å². The SMILES string of the molecule is O=C(OCc1ccc([N+](=O)[O-])cc1)C1=CS[C@@H]2/C(=C\c3ccoc3)C(=O)N12. The Morgan fingerprint density at radius 3 is 2.78 bits per heavy atom. The van der Waals surface area contributed by atoms with Crippen molar-refractivity contribution in [1.82, 2.24) is 4.90 Å². The van der Waals surface area contributed by atoms with Gasteiger partial charge in [0.25, 0.3) is 11.6 Å². The lowest BCUT2D eigenvalue weighted by molar-refractivity contribution is -0.384. The standard InChI is InChI=1S/C18H12N2O6S/c21-16-14(7-12-5-6-25-8-12)17-19(16)15(10-27-17)18(22)26-9-11-1-3-13(4-2-11)20(23)24/h1-8,10,17H,9H2/b14-7-/t17-/m1/s1. The van der Waals surface area contributed by atoms with Crippen LogP contribution in [0.2, 0.25) is 0 Å². The molecule has 2 aliphatic rings. The number of amides is 1. The second kappa shape index (κ2) is 6.76. The molecule has 1 fully saturated rings. The molecule has 4 rings (SSSR count). The van der Waals surface area contributed by atoms with Crippen molar-refractivity contribution in [3.8, 4) is 0 Å². The molecule has 136 valence electrons. The van der Waals surface area contributed by atoms with Crippen LogP contribution in [0, 0.1) is 10.1 Å². The molecule has 3 heterocycles. The molecule has 1 aromatic carbocycles. The maximum Gasteiger partial charge on any atom is 0.355 e. The highest BCUT2D eigenvalue weighted by Gasteiger charge is 2.49. The summed E-state index contributed by atoms with van der Waals surface area (Å²) in [6.45, 7) is -0.0384. The van der Waals surface area contributed by atoms with Crippen LogP contribution >= 0.6 is 11.8 Å². The summed E-state index contributed by atoms with van der Waals surface area (Å²) in [5, 5.41) is 12.0. The van der Waals surface area contributed by atoms with Crippen molar-refractivity contribution in [3.63, 3.8) is 0 Å². The number of benzene rings is 1. The lowest BCUT2D eigenvalue weighted by Crippen LogP contribution is -2.51. The number of esters is 1. The maximum absolute atomic E-state index is 12.4. The molecule has 1 aromatic heterocycles. The largest absolute Gasteiger partial charge is 0.472 e. The third-order valence-electron chi connectivity index (χ3n) is 4.13. The number of ether oxygens (including phenoxy) is 1. The Bertz CT molecular complexity index is 978. The van der Waals surface area contributed by atoms with Crippen molar-refractivity contribution < 1.29 is 23.7 Å². The van der Waals surface area contributed by atoms with Gasteiger partial charge in [0.05, 0.1) is 23.0 Å². The number of furan rings is 1. The number of non-ortho nitro benzene ring substituents is 1. The van der Waals surface area contributed by atoms with E-state index >= 15 is 0 Å². The average Bonchev–Trinajstić information content (AvgIpc) is 3.32. The van der Waals surface area contributed by atoms with Gasteiger partial charge in [0.2, 0.25) is 0 Å². The number of hydrogen-bond acceptors (Lipinski definition) is 7. The van der Waals surface area contributed by atoms with Crippen LogP contribution in [-0.4, -0.2) is 27.1 Å². The molecule has 1 saturated heterocycles. The van der Waals surface area contributed by atoms with Crippen molar-refractivity contribution in [3.05, 3.63) is 80.8 Å². The number of nitro groups is 1. The van der Waals surface area contributed by atoms with Crippen LogP contribution < -0.4 is 0 Å². The molecule has 0 saturated carbocycles. The van der Waals surface area contributed by atoms with Crippen LogP contribution in [0.1, 0.15) is 11.1 Å². The Kier molecular flexibility index (Phi) is 4.28. The zero-order chi connectivity index (χ0) is 19.0. The van der Waals surface area contributed by atoms with Crippen molar-refractivity contribution in [1.29, 1.82) is 0 Å². The van der Waals surface area contributed by atoms with E-state index in [1.54, 1.807) is 17.6 Å². The Hall–Kier alpha value is -3.33. The number of thioether (sulfide) groups is 1. The number of rotatable bonds is 5. The molecule has 9 heteroatoms. The van der Waals surface area contributed by atoms with Gasteiger partial charge in [-0.15, -0.1) is 11.8 Å². The summed E-state index contributed by atoms with van der Waals surface area (Å²) in [7, 11) is 0. The number of carbonyl (C=O) groups excluding carboxylic acids is 2. The monoisotopic (exact) mass is 384 g/mol. The lowest BCUT2D eigenvalue weighted by Gasteiger charge is -2.37. The van der Waals surface area contributed by atoms with Gasteiger partial charge in [-0.1, -0.05) is 0 Å². The summed E-state index contributed by atoms with van der Waals surface area (Å²) >= 11 is 1.36. The number of nitrogens with zero attached hydrogens (tertiary/aromatic N) is 2. The van der Waals surface area contributed by atoms with Gasteiger partial charge in [-0.2, -0.15) is 0 Å². The first kappa shape index (κ1) is 17.1. The van der Waals surface area contributed by atoms with E-state index in [1.807, 2.05) is 0 Å². The van der Waals surface area contributed by atoms with E-state index in [2.05, 4.69) is 0 Å². The molecule has 2 aliphatic heterocycles. The molecular weight excluding hydrogens is 372 g/mol. The van der Waals surface area contributed by atoms with Crippen LogP contribution in [0.3, 0.4) is 0 Å². The van der Waals surface area contributed by atoms with Crippen molar-refractivity contribution in [2.75, 3.05) is 0 Å². The van der Waals surface area contributed by atoms with E-state index in [0.29, 0.717) is 11.1 Å². The Balaban J connectivity index is 1.38. The molecule has 0 aliphatic carbocycles. The molecule has 27 heavy (non-hydrogen) atoms. The number of hydrogen-bond donors (Lipinski definition) is 0. The predicted octanol–water partition coefficient (Wildman–Crippen LogP) is 3.07. The first-order valence-electron chi connectivity index (χ1n) is 7.88. The first-order valence-corrected chi connectivity index (χ1v) is 8.82. The fourth-order valence-corrected chi connectivity index (χ4v) is 3.85. The van der Waals surface area contributed by atoms with E-state index < -0.39 is 10.9 Å². The van der Waals surface area contributed by atoms with Crippen LogP contribution in [0.25, 0.3) is 6.08 Å². The van der Waals surface area contributed by atoms with Crippen molar-refractivity contribution in [2.24, 2.45) is 0 Å². The van der Waals surface area contributed by atoms with Crippen molar-refractivity contribution in [2.45, 2.75) is 12.0 Å². The second-order valence-corrected chi connectivity index (χ2v) is 6.78. The van der Waals surface area contributed by atoms with Crippen LogP contribution in [-0.2, 0) is 20.9 Å². The molecule has 0 N–H and O–H groups in total.